The average molecular weight is 318 g/mol. The molecule has 1 aromatic heterocycles. The van der Waals surface area contributed by atoms with Gasteiger partial charge in [-0.05, 0) is 37.7 Å². The maximum absolute atomic E-state index is 13.5. The lowest BCUT2D eigenvalue weighted by molar-refractivity contribution is 0.102. The molecule has 0 radical (unpaired) electrons. The number of amides is 1. The average Bonchev–Trinajstić information content (AvgIpc) is 2.98. The number of anilines is 1. The Kier molecular flexibility index (Phi) is 5.87. The summed E-state index contributed by atoms with van der Waals surface area (Å²) in [5.41, 5.74) is 1.42. The van der Waals surface area contributed by atoms with E-state index in [0.717, 1.165) is 26.2 Å². The summed E-state index contributed by atoms with van der Waals surface area (Å²) in [4.78, 5) is 14.4. The third-order valence-electron chi connectivity index (χ3n) is 3.86. The first-order valence-corrected chi connectivity index (χ1v) is 7.85. The van der Waals surface area contributed by atoms with Crippen LogP contribution in [0.25, 0.3) is 0 Å². The number of nitrogens with one attached hydrogen (secondary N) is 1. The lowest BCUT2D eigenvalue weighted by atomic mass is 10.1. The molecule has 1 aromatic carbocycles. The zero-order valence-corrected chi connectivity index (χ0v) is 13.8. The smallest absolute Gasteiger partial charge is 0.255 e. The minimum Gasteiger partial charge on any atom is -0.319 e. The van der Waals surface area contributed by atoms with Crippen molar-refractivity contribution in [2.24, 2.45) is 0 Å². The van der Waals surface area contributed by atoms with Gasteiger partial charge in [0.2, 0.25) is 0 Å². The van der Waals surface area contributed by atoms with Gasteiger partial charge >= 0.3 is 0 Å². The summed E-state index contributed by atoms with van der Waals surface area (Å²) in [5, 5.41) is 6.97. The Morgan fingerprint density at radius 1 is 1.35 bits per heavy atom. The summed E-state index contributed by atoms with van der Waals surface area (Å²) < 4.78 is 15.3. The highest BCUT2D eigenvalue weighted by Crippen LogP contribution is 2.12. The maximum atomic E-state index is 13.5. The van der Waals surface area contributed by atoms with Gasteiger partial charge in [-0.15, -0.1) is 0 Å². The van der Waals surface area contributed by atoms with Gasteiger partial charge in [0.1, 0.15) is 5.82 Å². The van der Waals surface area contributed by atoms with Crippen molar-refractivity contribution in [2.45, 2.75) is 27.3 Å². The molecular weight excluding hydrogens is 295 g/mol. The van der Waals surface area contributed by atoms with Crippen molar-refractivity contribution in [2.75, 3.05) is 25.0 Å². The molecule has 0 spiro atoms. The zero-order chi connectivity index (χ0) is 16.8. The molecule has 1 heterocycles. The molecule has 1 N–H and O–H groups in total. The van der Waals surface area contributed by atoms with Crippen LogP contribution in [0, 0.1) is 12.7 Å². The van der Waals surface area contributed by atoms with E-state index in [-0.39, 0.29) is 11.7 Å². The van der Waals surface area contributed by atoms with E-state index in [4.69, 9.17) is 0 Å². The molecule has 0 aliphatic heterocycles. The van der Waals surface area contributed by atoms with E-state index in [2.05, 4.69) is 29.2 Å². The number of aryl methyl sites for hydroxylation is 1. The SMILES string of the molecule is CCN(CC)CCn1cc(NC(=O)c2ccc(C)c(F)c2)cn1. The maximum Gasteiger partial charge on any atom is 0.255 e. The van der Waals surface area contributed by atoms with Gasteiger partial charge in [0.15, 0.2) is 0 Å². The van der Waals surface area contributed by atoms with E-state index < -0.39 is 0 Å². The Morgan fingerprint density at radius 2 is 2.09 bits per heavy atom. The number of hydrogen-bond acceptors (Lipinski definition) is 3. The van der Waals surface area contributed by atoms with Crippen LogP contribution in [0.1, 0.15) is 29.8 Å². The zero-order valence-electron chi connectivity index (χ0n) is 13.8. The predicted octanol–water partition coefficient (Wildman–Crippen LogP) is 2.92. The van der Waals surface area contributed by atoms with Crippen molar-refractivity contribution in [3.8, 4) is 0 Å². The predicted molar refractivity (Wildman–Crippen MR) is 89.1 cm³/mol. The Morgan fingerprint density at radius 3 is 2.74 bits per heavy atom. The highest BCUT2D eigenvalue weighted by atomic mass is 19.1. The first kappa shape index (κ1) is 17.1. The second-order valence-corrected chi connectivity index (χ2v) is 5.44. The fraction of sp³-hybridized carbons (Fsp3) is 0.412. The molecule has 0 unspecified atom stereocenters. The van der Waals surface area contributed by atoms with Gasteiger partial charge in [0.25, 0.3) is 5.91 Å². The Bertz CT molecular complexity index is 664. The Balaban J connectivity index is 1.95. The number of hydrogen-bond donors (Lipinski definition) is 1. The van der Waals surface area contributed by atoms with Crippen molar-refractivity contribution < 1.29 is 9.18 Å². The van der Waals surface area contributed by atoms with Crippen LogP contribution in [0.2, 0.25) is 0 Å². The highest BCUT2D eigenvalue weighted by molar-refractivity contribution is 6.04. The van der Waals surface area contributed by atoms with Crippen molar-refractivity contribution >= 4 is 11.6 Å². The van der Waals surface area contributed by atoms with Gasteiger partial charge in [-0.3, -0.25) is 9.48 Å². The summed E-state index contributed by atoms with van der Waals surface area (Å²) in [5.74, 6) is -0.722. The second-order valence-electron chi connectivity index (χ2n) is 5.44. The molecule has 0 atom stereocenters. The standard InChI is InChI=1S/C17H23FN4O/c1-4-21(5-2)8-9-22-12-15(11-19-22)20-17(23)14-7-6-13(3)16(18)10-14/h6-7,10-12H,4-5,8-9H2,1-3H3,(H,20,23). The lowest BCUT2D eigenvalue weighted by Crippen LogP contribution is -2.27. The number of carbonyl (C=O) groups is 1. The fourth-order valence-electron chi connectivity index (χ4n) is 2.27. The van der Waals surface area contributed by atoms with E-state index in [1.165, 1.54) is 6.07 Å². The highest BCUT2D eigenvalue weighted by Gasteiger charge is 2.10. The van der Waals surface area contributed by atoms with Crippen molar-refractivity contribution in [1.29, 1.82) is 0 Å². The van der Waals surface area contributed by atoms with Gasteiger partial charge in [-0.25, -0.2) is 4.39 Å². The normalized spacial score (nSPS) is 11.0. The topological polar surface area (TPSA) is 50.2 Å². The number of benzene rings is 1. The summed E-state index contributed by atoms with van der Waals surface area (Å²) in [7, 11) is 0. The molecule has 0 saturated heterocycles. The molecule has 0 aliphatic rings. The quantitative estimate of drug-likeness (QED) is 0.854. The van der Waals surface area contributed by atoms with Crippen molar-refractivity contribution in [3.05, 3.63) is 47.5 Å². The minimum atomic E-state index is -0.382. The van der Waals surface area contributed by atoms with Crippen LogP contribution >= 0.6 is 0 Å². The van der Waals surface area contributed by atoms with Crippen molar-refractivity contribution in [3.63, 3.8) is 0 Å². The van der Waals surface area contributed by atoms with Crippen LogP contribution in [0.5, 0.6) is 0 Å². The number of aromatic nitrogens is 2. The van der Waals surface area contributed by atoms with Crippen molar-refractivity contribution in [1.82, 2.24) is 14.7 Å². The van der Waals surface area contributed by atoms with E-state index in [1.807, 2.05) is 0 Å². The van der Waals surface area contributed by atoms with Crippen LogP contribution < -0.4 is 5.32 Å². The van der Waals surface area contributed by atoms with Crippen LogP contribution in [0.3, 0.4) is 0 Å². The molecule has 2 aromatic rings. The molecule has 23 heavy (non-hydrogen) atoms. The molecule has 0 fully saturated rings. The van der Waals surface area contributed by atoms with Crippen LogP contribution in [0.15, 0.2) is 30.6 Å². The Labute approximate surface area is 136 Å². The molecule has 1 amide bonds. The first-order chi connectivity index (χ1) is 11.0. The van der Waals surface area contributed by atoms with Gasteiger partial charge in [0, 0.05) is 18.3 Å². The molecule has 0 aliphatic carbocycles. The largest absolute Gasteiger partial charge is 0.319 e. The third-order valence-corrected chi connectivity index (χ3v) is 3.86. The molecule has 5 nitrogen and oxygen atoms in total. The summed E-state index contributed by atoms with van der Waals surface area (Å²) in [6.07, 6.45) is 3.39. The molecule has 0 bridgehead atoms. The van der Waals surface area contributed by atoms with Gasteiger partial charge in [0.05, 0.1) is 18.4 Å². The summed E-state index contributed by atoms with van der Waals surface area (Å²) >= 11 is 0. The van der Waals surface area contributed by atoms with Gasteiger partial charge < -0.3 is 10.2 Å². The number of nitrogens with zero attached hydrogens (tertiary/aromatic N) is 3. The number of carbonyl (C=O) groups excluding carboxylic acids is 1. The fourth-order valence-corrected chi connectivity index (χ4v) is 2.27. The van der Waals surface area contributed by atoms with Gasteiger partial charge in [-0.1, -0.05) is 19.9 Å². The van der Waals surface area contributed by atoms with Crippen LogP contribution in [-0.2, 0) is 6.54 Å². The third kappa shape index (κ3) is 4.63. The molecule has 2 rings (SSSR count). The molecule has 124 valence electrons. The second kappa shape index (κ2) is 7.87. The number of likely N-dealkylation sites (N-methyl/N-ethyl adjacent to an activating group) is 1. The van der Waals surface area contributed by atoms with Crippen LogP contribution in [-0.4, -0.2) is 40.2 Å². The van der Waals surface area contributed by atoms with E-state index >= 15 is 0 Å². The monoisotopic (exact) mass is 318 g/mol. The summed E-state index contributed by atoms with van der Waals surface area (Å²) in [6.45, 7) is 9.58. The number of rotatable bonds is 7. The summed E-state index contributed by atoms with van der Waals surface area (Å²) in [6, 6.07) is 4.45. The molecular formula is C17H23FN4O. The van der Waals surface area contributed by atoms with E-state index in [1.54, 1.807) is 36.1 Å². The van der Waals surface area contributed by atoms with Crippen LogP contribution in [0.4, 0.5) is 10.1 Å². The minimum absolute atomic E-state index is 0.295. The first-order valence-electron chi connectivity index (χ1n) is 7.85. The lowest BCUT2D eigenvalue weighted by Gasteiger charge is -2.17. The molecule has 0 saturated carbocycles. The number of halogens is 1. The Hall–Kier alpha value is -2.21. The van der Waals surface area contributed by atoms with Gasteiger partial charge in [-0.2, -0.15) is 5.10 Å². The van der Waals surface area contributed by atoms with E-state index in [9.17, 15) is 9.18 Å². The molecule has 6 heteroatoms. The van der Waals surface area contributed by atoms with E-state index in [0.29, 0.717) is 16.8 Å².